The van der Waals surface area contributed by atoms with Crippen LogP contribution in [-0.4, -0.2) is 16.1 Å². The van der Waals surface area contributed by atoms with Crippen LogP contribution in [-0.2, 0) is 0 Å². The second-order valence-electron chi connectivity index (χ2n) is 6.81. The van der Waals surface area contributed by atoms with Gasteiger partial charge in [0.25, 0.3) is 0 Å². The lowest BCUT2D eigenvalue weighted by molar-refractivity contribution is 0.0695. The van der Waals surface area contributed by atoms with Crippen molar-refractivity contribution < 1.29 is 14.3 Å². The van der Waals surface area contributed by atoms with Crippen LogP contribution < -0.4 is 10.6 Å². The van der Waals surface area contributed by atoms with E-state index >= 15 is 0 Å². The molecule has 0 aliphatic heterocycles. The number of halogens is 1. The average Bonchev–Trinajstić information content (AvgIpc) is 2.93. The third-order valence-corrected chi connectivity index (χ3v) is 4.28. The molecule has 0 unspecified atom stereocenters. The molecule has 3 nitrogen and oxygen atoms in total. The van der Waals surface area contributed by atoms with Crippen LogP contribution in [0.4, 0.5) is 4.39 Å². The zero-order valence-corrected chi connectivity index (χ0v) is 16.4. The van der Waals surface area contributed by atoms with Crippen LogP contribution in [0.2, 0.25) is 0 Å². The number of aromatic nitrogens is 1. The van der Waals surface area contributed by atoms with E-state index in [0.29, 0.717) is 21.8 Å². The van der Waals surface area contributed by atoms with Gasteiger partial charge in [0.05, 0.1) is 11.3 Å². The molecular weight excluding hydrogens is 353 g/mol. The molecule has 2 aromatic rings. The van der Waals surface area contributed by atoms with Crippen LogP contribution in [0.5, 0.6) is 0 Å². The van der Waals surface area contributed by atoms with Gasteiger partial charge in [-0.15, -0.1) is 0 Å². The molecule has 0 saturated heterocycles. The van der Waals surface area contributed by atoms with Crippen LogP contribution in [0.25, 0.3) is 23.8 Å². The highest BCUT2D eigenvalue weighted by Gasteiger charge is 2.17. The highest BCUT2D eigenvalue weighted by molar-refractivity contribution is 5.98. The topological polar surface area (TPSA) is 53.1 Å². The SMILES string of the molecule is C=C(F)C=CC(=C)c1[nH]c(=C)c(=CC(=C(C)C)c2cccc(C)c2)c1C(=O)O. The predicted octanol–water partition coefficient (Wildman–Crippen LogP) is 4.76. The maximum absolute atomic E-state index is 12.9. The molecule has 4 heteroatoms. The van der Waals surface area contributed by atoms with E-state index in [1.165, 1.54) is 6.08 Å². The number of hydrogen-bond donors (Lipinski definition) is 2. The van der Waals surface area contributed by atoms with Crippen LogP contribution in [0, 0.1) is 6.92 Å². The number of carboxylic acid groups (broad SMARTS) is 1. The van der Waals surface area contributed by atoms with Crippen molar-refractivity contribution in [3.05, 3.63) is 93.9 Å². The molecule has 2 N–H and O–H groups in total. The van der Waals surface area contributed by atoms with Gasteiger partial charge in [0.2, 0.25) is 0 Å². The Bertz CT molecular complexity index is 1130. The molecule has 0 amide bonds. The van der Waals surface area contributed by atoms with Gasteiger partial charge in [0.1, 0.15) is 5.83 Å². The number of allylic oxidation sites excluding steroid dienone is 6. The number of benzene rings is 1. The molecule has 0 saturated carbocycles. The van der Waals surface area contributed by atoms with Gasteiger partial charge in [-0.25, -0.2) is 9.18 Å². The third kappa shape index (κ3) is 4.65. The van der Waals surface area contributed by atoms with Gasteiger partial charge in [-0.2, -0.15) is 0 Å². The lowest BCUT2D eigenvalue weighted by Crippen LogP contribution is -2.25. The van der Waals surface area contributed by atoms with Gasteiger partial charge in [-0.1, -0.05) is 61.2 Å². The number of rotatable bonds is 6. The van der Waals surface area contributed by atoms with Crippen molar-refractivity contribution >= 4 is 29.8 Å². The quantitative estimate of drug-likeness (QED) is 0.713. The standard InChI is InChI=1S/C24H24FNO2/c1-14(2)20(19-9-7-8-15(3)12-19)13-21-18(6)26-23(22(21)24(27)28)16(4)10-11-17(5)25/h7-13,26H,4-6H2,1-3H3,(H,27,28). The van der Waals surface area contributed by atoms with E-state index < -0.39 is 11.8 Å². The molecule has 1 aromatic heterocycles. The fourth-order valence-corrected chi connectivity index (χ4v) is 2.94. The number of aromatic carboxylic acids is 1. The molecule has 0 fully saturated rings. The second-order valence-corrected chi connectivity index (χ2v) is 6.81. The van der Waals surface area contributed by atoms with Crippen molar-refractivity contribution in [2.75, 3.05) is 0 Å². The molecule has 144 valence electrons. The van der Waals surface area contributed by atoms with Gasteiger partial charge >= 0.3 is 5.97 Å². The van der Waals surface area contributed by atoms with Crippen LogP contribution in [0.15, 0.2) is 61.0 Å². The number of aryl methyl sites for hydroxylation is 1. The number of H-pyrrole nitrogens is 1. The van der Waals surface area contributed by atoms with Crippen molar-refractivity contribution in [1.29, 1.82) is 0 Å². The van der Waals surface area contributed by atoms with Crippen molar-refractivity contribution in [1.82, 2.24) is 4.98 Å². The minimum absolute atomic E-state index is 0.0514. The second kappa shape index (κ2) is 8.53. The maximum Gasteiger partial charge on any atom is 0.338 e. The first-order valence-electron chi connectivity index (χ1n) is 8.74. The Balaban J connectivity index is 2.76. The number of carbonyl (C=O) groups is 1. The summed E-state index contributed by atoms with van der Waals surface area (Å²) in [6.07, 6.45) is 4.34. The number of carboxylic acids is 1. The summed E-state index contributed by atoms with van der Waals surface area (Å²) in [7, 11) is 0. The highest BCUT2D eigenvalue weighted by atomic mass is 19.1. The van der Waals surface area contributed by atoms with Gasteiger partial charge < -0.3 is 10.1 Å². The minimum atomic E-state index is -1.11. The van der Waals surface area contributed by atoms with E-state index in [1.54, 1.807) is 0 Å². The highest BCUT2D eigenvalue weighted by Crippen LogP contribution is 2.22. The first-order valence-corrected chi connectivity index (χ1v) is 8.74. The number of hydrogen-bond acceptors (Lipinski definition) is 1. The number of nitrogens with one attached hydrogen (secondary N) is 1. The fourth-order valence-electron chi connectivity index (χ4n) is 2.94. The van der Waals surface area contributed by atoms with Gasteiger partial charge in [0.15, 0.2) is 0 Å². The van der Waals surface area contributed by atoms with Crippen LogP contribution >= 0.6 is 0 Å². The summed E-state index contributed by atoms with van der Waals surface area (Å²) in [5.41, 5.74) is 4.73. The van der Waals surface area contributed by atoms with Gasteiger partial charge in [0, 0.05) is 10.6 Å². The molecule has 1 heterocycles. The first-order chi connectivity index (χ1) is 13.1. The summed E-state index contributed by atoms with van der Waals surface area (Å²) in [4.78, 5) is 15.0. The largest absolute Gasteiger partial charge is 0.478 e. The Hall–Kier alpha value is -3.40. The van der Waals surface area contributed by atoms with Crippen molar-refractivity contribution in [2.24, 2.45) is 0 Å². The molecule has 0 atom stereocenters. The van der Waals surface area contributed by atoms with E-state index in [0.717, 1.165) is 28.3 Å². The molecule has 0 radical (unpaired) electrons. The van der Waals surface area contributed by atoms with Crippen LogP contribution in [0.3, 0.4) is 0 Å². The summed E-state index contributed by atoms with van der Waals surface area (Å²) >= 11 is 0. The van der Waals surface area contributed by atoms with E-state index in [9.17, 15) is 14.3 Å². The smallest absolute Gasteiger partial charge is 0.338 e. The Morgan fingerprint density at radius 3 is 2.43 bits per heavy atom. The fraction of sp³-hybridized carbons (Fsp3) is 0.125. The monoisotopic (exact) mass is 377 g/mol. The molecular formula is C24H24FNO2. The Labute approximate surface area is 164 Å². The molecule has 0 aliphatic rings. The molecule has 1 aromatic carbocycles. The number of aromatic amines is 1. The first kappa shape index (κ1) is 20.9. The van der Waals surface area contributed by atoms with E-state index in [-0.39, 0.29) is 5.56 Å². The van der Waals surface area contributed by atoms with Crippen molar-refractivity contribution in [3.8, 4) is 0 Å². The third-order valence-electron chi connectivity index (χ3n) is 4.28. The Morgan fingerprint density at radius 2 is 1.89 bits per heavy atom. The summed E-state index contributed by atoms with van der Waals surface area (Å²) in [6.45, 7) is 16.9. The molecule has 28 heavy (non-hydrogen) atoms. The average molecular weight is 377 g/mol. The molecule has 0 bridgehead atoms. The van der Waals surface area contributed by atoms with Crippen molar-refractivity contribution in [2.45, 2.75) is 20.8 Å². The normalized spacial score (nSPS) is 11.6. The van der Waals surface area contributed by atoms with Gasteiger partial charge in [-0.3, -0.25) is 0 Å². The van der Waals surface area contributed by atoms with E-state index in [4.69, 9.17) is 0 Å². The maximum atomic E-state index is 12.9. The zero-order chi connectivity index (χ0) is 21.0. The summed E-state index contributed by atoms with van der Waals surface area (Å²) in [5.74, 6) is -1.75. The van der Waals surface area contributed by atoms with E-state index in [2.05, 4.69) is 24.7 Å². The zero-order valence-electron chi connectivity index (χ0n) is 16.4. The van der Waals surface area contributed by atoms with Crippen molar-refractivity contribution in [3.63, 3.8) is 0 Å². The van der Waals surface area contributed by atoms with Gasteiger partial charge in [-0.05, 0) is 49.6 Å². The lowest BCUT2D eigenvalue weighted by atomic mass is 9.97. The van der Waals surface area contributed by atoms with E-state index in [1.807, 2.05) is 51.1 Å². The summed E-state index contributed by atoms with van der Waals surface area (Å²) < 4.78 is 12.9. The summed E-state index contributed by atoms with van der Waals surface area (Å²) in [6, 6.07) is 8.00. The van der Waals surface area contributed by atoms with Crippen LogP contribution in [0.1, 0.15) is 41.0 Å². The Kier molecular flexibility index (Phi) is 6.37. The minimum Gasteiger partial charge on any atom is -0.478 e. The predicted molar refractivity (Wildman–Crippen MR) is 115 cm³/mol. The molecule has 0 spiro atoms. The summed E-state index contributed by atoms with van der Waals surface area (Å²) in [5, 5.41) is 10.7. The Morgan fingerprint density at radius 1 is 1.21 bits per heavy atom. The molecule has 2 rings (SSSR count). The lowest BCUT2D eigenvalue weighted by Gasteiger charge is -2.07. The molecule has 0 aliphatic carbocycles.